The number of hydrogen-bond donors (Lipinski definition) is 1. The molecular weight excluding hydrogens is 230 g/mol. The van der Waals surface area contributed by atoms with E-state index in [0.29, 0.717) is 12.1 Å². The zero-order chi connectivity index (χ0) is 13.7. The fourth-order valence-corrected chi connectivity index (χ4v) is 1.86. The molecule has 0 heterocycles. The Morgan fingerprint density at radius 3 is 2.44 bits per heavy atom. The first-order valence-corrected chi connectivity index (χ1v) is 6.04. The van der Waals surface area contributed by atoms with Crippen molar-refractivity contribution < 1.29 is 14.7 Å². The molecule has 18 heavy (non-hydrogen) atoms. The summed E-state index contributed by atoms with van der Waals surface area (Å²) in [4.78, 5) is 24.4. The normalized spacial score (nSPS) is 10.2. The fraction of sp³-hybridized carbons (Fsp3) is 0.429. The Labute approximate surface area is 107 Å². The third-order valence-electron chi connectivity index (χ3n) is 2.88. The summed E-state index contributed by atoms with van der Waals surface area (Å²) in [6.45, 7) is 6.48. The lowest BCUT2D eigenvalue weighted by atomic mass is 10.0. The van der Waals surface area contributed by atoms with Gasteiger partial charge in [-0.2, -0.15) is 0 Å². The number of amides is 1. The van der Waals surface area contributed by atoms with Crippen LogP contribution >= 0.6 is 0 Å². The zero-order valence-corrected chi connectivity index (χ0v) is 11.1. The highest BCUT2D eigenvalue weighted by Crippen LogP contribution is 2.13. The summed E-state index contributed by atoms with van der Waals surface area (Å²) in [5.41, 5.74) is 2.68. The summed E-state index contributed by atoms with van der Waals surface area (Å²) in [6, 6.07) is 5.65. The Hall–Kier alpha value is -1.84. The first kappa shape index (κ1) is 14.2. The van der Waals surface area contributed by atoms with Gasteiger partial charge >= 0.3 is 5.97 Å². The maximum Gasteiger partial charge on any atom is 0.305 e. The predicted octanol–water partition coefficient (Wildman–Crippen LogP) is 2.24. The van der Waals surface area contributed by atoms with Crippen molar-refractivity contribution in [1.82, 2.24) is 4.90 Å². The quantitative estimate of drug-likeness (QED) is 0.870. The summed E-state index contributed by atoms with van der Waals surface area (Å²) in [7, 11) is 0. The van der Waals surface area contributed by atoms with Crippen LogP contribution in [0.1, 0.15) is 34.8 Å². The van der Waals surface area contributed by atoms with Crippen molar-refractivity contribution in [3.63, 3.8) is 0 Å². The second kappa shape index (κ2) is 6.19. The van der Waals surface area contributed by atoms with Gasteiger partial charge in [0, 0.05) is 18.7 Å². The van der Waals surface area contributed by atoms with E-state index < -0.39 is 5.97 Å². The second-order valence-electron chi connectivity index (χ2n) is 4.35. The van der Waals surface area contributed by atoms with Gasteiger partial charge in [0.15, 0.2) is 0 Å². The van der Waals surface area contributed by atoms with Gasteiger partial charge in [0.05, 0.1) is 6.42 Å². The highest BCUT2D eigenvalue weighted by Gasteiger charge is 2.16. The minimum atomic E-state index is -0.887. The number of carboxylic acids is 1. The molecule has 1 aromatic carbocycles. The van der Waals surface area contributed by atoms with Gasteiger partial charge in [0.2, 0.25) is 0 Å². The molecule has 1 amide bonds. The third-order valence-corrected chi connectivity index (χ3v) is 2.88. The van der Waals surface area contributed by atoms with Crippen LogP contribution in [0.3, 0.4) is 0 Å². The standard InChI is InChI=1S/C14H19NO3/c1-4-15(8-7-13(16)17)14(18)12-6-5-10(2)9-11(12)3/h5-6,9H,4,7-8H2,1-3H3,(H,16,17). The van der Waals surface area contributed by atoms with Gasteiger partial charge in [-0.25, -0.2) is 0 Å². The van der Waals surface area contributed by atoms with Gasteiger partial charge in [-0.3, -0.25) is 9.59 Å². The highest BCUT2D eigenvalue weighted by atomic mass is 16.4. The van der Waals surface area contributed by atoms with Crippen molar-refractivity contribution >= 4 is 11.9 Å². The summed E-state index contributed by atoms with van der Waals surface area (Å²) in [6.07, 6.45) is -0.0233. The molecule has 0 unspecified atom stereocenters. The van der Waals surface area contributed by atoms with Gasteiger partial charge in [-0.1, -0.05) is 17.7 Å². The molecule has 1 aromatic rings. The van der Waals surface area contributed by atoms with E-state index in [1.165, 1.54) is 0 Å². The average Bonchev–Trinajstić information content (AvgIpc) is 2.29. The van der Waals surface area contributed by atoms with Crippen LogP contribution in [0.25, 0.3) is 0 Å². The van der Waals surface area contributed by atoms with Crippen molar-refractivity contribution in [2.45, 2.75) is 27.2 Å². The van der Waals surface area contributed by atoms with Gasteiger partial charge in [-0.05, 0) is 32.4 Å². The van der Waals surface area contributed by atoms with Gasteiger partial charge in [-0.15, -0.1) is 0 Å². The molecule has 0 aliphatic rings. The van der Waals surface area contributed by atoms with Crippen LogP contribution < -0.4 is 0 Å². The Kier molecular flexibility index (Phi) is 4.89. The third kappa shape index (κ3) is 3.58. The Bertz CT molecular complexity index is 454. The number of carboxylic acid groups (broad SMARTS) is 1. The summed E-state index contributed by atoms with van der Waals surface area (Å²) in [5.74, 6) is -0.988. The van der Waals surface area contributed by atoms with Crippen LogP contribution in [0.4, 0.5) is 0 Å². The summed E-state index contributed by atoms with van der Waals surface area (Å²) in [5, 5.41) is 8.66. The lowest BCUT2D eigenvalue weighted by molar-refractivity contribution is -0.137. The first-order valence-electron chi connectivity index (χ1n) is 6.04. The van der Waals surface area contributed by atoms with E-state index >= 15 is 0 Å². The summed E-state index contributed by atoms with van der Waals surface area (Å²) >= 11 is 0. The van der Waals surface area contributed by atoms with Crippen LogP contribution in [-0.4, -0.2) is 35.0 Å². The zero-order valence-electron chi connectivity index (χ0n) is 11.1. The highest BCUT2D eigenvalue weighted by molar-refractivity contribution is 5.95. The van der Waals surface area contributed by atoms with Crippen LogP contribution in [0.15, 0.2) is 18.2 Å². The molecule has 1 N–H and O–H groups in total. The molecule has 0 radical (unpaired) electrons. The van der Waals surface area contributed by atoms with E-state index in [0.717, 1.165) is 11.1 Å². The molecule has 0 aliphatic heterocycles. The van der Waals surface area contributed by atoms with E-state index in [1.54, 1.807) is 11.0 Å². The molecule has 1 rings (SSSR count). The number of carbonyl (C=O) groups is 2. The van der Waals surface area contributed by atoms with Gasteiger partial charge in [0.1, 0.15) is 0 Å². The fourth-order valence-electron chi connectivity index (χ4n) is 1.86. The van der Waals surface area contributed by atoms with E-state index in [4.69, 9.17) is 5.11 Å². The number of hydrogen-bond acceptors (Lipinski definition) is 2. The largest absolute Gasteiger partial charge is 0.481 e. The van der Waals surface area contributed by atoms with Crippen molar-refractivity contribution in [3.8, 4) is 0 Å². The van der Waals surface area contributed by atoms with Crippen molar-refractivity contribution in [3.05, 3.63) is 34.9 Å². The van der Waals surface area contributed by atoms with Crippen molar-refractivity contribution in [1.29, 1.82) is 0 Å². The molecular formula is C14H19NO3. The molecule has 0 saturated heterocycles. The SMILES string of the molecule is CCN(CCC(=O)O)C(=O)c1ccc(C)cc1C. The minimum Gasteiger partial charge on any atom is -0.481 e. The molecule has 0 spiro atoms. The number of nitrogens with zero attached hydrogens (tertiary/aromatic N) is 1. The van der Waals surface area contributed by atoms with E-state index in [9.17, 15) is 9.59 Å². The number of carbonyl (C=O) groups excluding carboxylic acids is 1. The number of rotatable bonds is 5. The minimum absolute atomic E-state index is 0.0233. The summed E-state index contributed by atoms with van der Waals surface area (Å²) < 4.78 is 0. The van der Waals surface area contributed by atoms with E-state index in [1.807, 2.05) is 32.9 Å². The Morgan fingerprint density at radius 1 is 1.28 bits per heavy atom. The molecule has 0 aromatic heterocycles. The topological polar surface area (TPSA) is 57.6 Å². The average molecular weight is 249 g/mol. The van der Waals surface area contributed by atoms with Crippen molar-refractivity contribution in [2.75, 3.05) is 13.1 Å². The molecule has 0 atom stereocenters. The molecule has 0 saturated carbocycles. The monoisotopic (exact) mass is 249 g/mol. The maximum atomic E-state index is 12.3. The number of benzene rings is 1. The molecule has 98 valence electrons. The van der Waals surface area contributed by atoms with E-state index in [2.05, 4.69) is 0 Å². The van der Waals surface area contributed by atoms with Gasteiger partial charge < -0.3 is 10.0 Å². The number of aliphatic carboxylic acids is 1. The van der Waals surface area contributed by atoms with Crippen molar-refractivity contribution in [2.24, 2.45) is 0 Å². The van der Waals surface area contributed by atoms with Crippen LogP contribution in [0, 0.1) is 13.8 Å². The van der Waals surface area contributed by atoms with E-state index in [-0.39, 0.29) is 18.9 Å². The van der Waals surface area contributed by atoms with Crippen LogP contribution in [0.2, 0.25) is 0 Å². The molecule has 4 nitrogen and oxygen atoms in total. The van der Waals surface area contributed by atoms with Gasteiger partial charge in [0.25, 0.3) is 5.91 Å². The lowest BCUT2D eigenvalue weighted by Crippen LogP contribution is -2.33. The Balaban J connectivity index is 2.86. The smallest absolute Gasteiger partial charge is 0.305 e. The van der Waals surface area contributed by atoms with Crippen LogP contribution in [0.5, 0.6) is 0 Å². The Morgan fingerprint density at radius 2 is 1.94 bits per heavy atom. The molecule has 4 heteroatoms. The van der Waals surface area contributed by atoms with Crippen LogP contribution in [-0.2, 0) is 4.79 Å². The molecule has 0 aliphatic carbocycles. The molecule has 0 bridgehead atoms. The maximum absolute atomic E-state index is 12.3. The predicted molar refractivity (Wildman–Crippen MR) is 69.7 cm³/mol. The molecule has 0 fully saturated rings. The lowest BCUT2D eigenvalue weighted by Gasteiger charge is -2.21. The first-order chi connectivity index (χ1) is 8.45. The second-order valence-corrected chi connectivity index (χ2v) is 4.35. The number of aryl methyl sites for hydroxylation is 2.